The zero-order valence-corrected chi connectivity index (χ0v) is 9.78. The first-order valence-electron chi connectivity index (χ1n) is 5.11. The molecule has 0 fully saturated rings. The maximum absolute atomic E-state index is 11.6. The first-order chi connectivity index (χ1) is 6.90. The zero-order chi connectivity index (χ0) is 12.0. The highest BCUT2D eigenvalue weighted by molar-refractivity contribution is 5.81. The molecule has 5 heteroatoms. The normalized spacial score (nSPS) is 14.4. The van der Waals surface area contributed by atoms with E-state index in [0.717, 1.165) is 0 Å². The Morgan fingerprint density at radius 2 is 1.93 bits per heavy atom. The number of nitrogens with one attached hydrogen (secondary N) is 1. The standard InChI is InChI=1S/C10H20N2O3/c1-5-12(4)9(13)8(3)11-6-7(2)10(14)15/h7-8,11H,5-6H2,1-4H3,(H,14,15). The molecule has 0 aliphatic rings. The number of amides is 1. The molecule has 0 heterocycles. The molecule has 0 aliphatic heterocycles. The summed E-state index contributed by atoms with van der Waals surface area (Å²) < 4.78 is 0. The number of nitrogens with zero attached hydrogens (tertiary/aromatic N) is 1. The Balaban J connectivity index is 3.98. The highest BCUT2D eigenvalue weighted by Gasteiger charge is 2.18. The summed E-state index contributed by atoms with van der Waals surface area (Å²) in [5, 5.41) is 11.6. The SMILES string of the molecule is CCN(C)C(=O)C(C)NCC(C)C(=O)O. The van der Waals surface area contributed by atoms with Crippen LogP contribution in [0, 0.1) is 5.92 Å². The third-order valence-corrected chi connectivity index (χ3v) is 2.37. The van der Waals surface area contributed by atoms with Crippen LogP contribution in [-0.2, 0) is 9.59 Å². The number of aliphatic carboxylic acids is 1. The minimum absolute atomic E-state index is 0.0184. The van der Waals surface area contributed by atoms with Gasteiger partial charge in [-0.25, -0.2) is 0 Å². The molecular weight excluding hydrogens is 196 g/mol. The molecule has 0 spiro atoms. The van der Waals surface area contributed by atoms with Gasteiger partial charge in [0.05, 0.1) is 12.0 Å². The van der Waals surface area contributed by atoms with Crippen molar-refractivity contribution in [3.8, 4) is 0 Å². The summed E-state index contributed by atoms with van der Waals surface area (Å²) in [6.07, 6.45) is 0. The predicted octanol–water partition coefficient (Wildman–Crippen LogP) is 0.164. The Kier molecular flexibility index (Phi) is 5.93. The van der Waals surface area contributed by atoms with Gasteiger partial charge in [0, 0.05) is 20.1 Å². The van der Waals surface area contributed by atoms with Crippen LogP contribution in [0.2, 0.25) is 0 Å². The van der Waals surface area contributed by atoms with Gasteiger partial charge in [-0.05, 0) is 13.8 Å². The fraction of sp³-hybridized carbons (Fsp3) is 0.800. The number of rotatable bonds is 6. The van der Waals surface area contributed by atoms with Crippen molar-refractivity contribution < 1.29 is 14.7 Å². The summed E-state index contributed by atoms with van der Waals surface area (Å²) in [7, 11) is 1.72. The molecule has 5 nitrogen and oxygen atoms in total. The third kappa shape index (κ3) is 4.78. The summed E-state index contributed by atoms with van der Waals surface area (Å²) in [5.41, 5.74) is 0. The van der Waals surface area contributed by atoms with E-state index < -0.39 is 11.9 Å². The quantitative estimate of drug-likeness (QED) is 0.663. The van der Waals surface area contributed by atoms with Crippen molar-refractivity contribution in [3.63, 3.8) is 0 Å². The smallest absolute Gasteiger partial charge is 0.307 e. The van der Waals surface area contributed by atoms with Crippen molar-refractivity contribution in [2.45, 2.75) is 26.8 Å². The third-order valence-electron chi connectivity index (χ3n) is 2.37. The summed E-state index contributed by atoms with van der Waals surface area (Å²) in [5.74, 6) is -1.35. The van der Waals surface area contributed by atoms with Crippen molar-refractivity contribution in [2.75, 3.05) is 20.1 Å². The van der Waals surface area contributed by atoms with Gasteiger partial charge < -0.3 is 15.3 Å². The summed E-state index contributed by atoms with van der Waals surface area (Å²) in [6.45, 7) is 6.20. The van der Waals surface area contributed by atoms with Crippen molar-refractivity contribution >= 4 is 11.9 Å². The van der Waals surface area contributed by atoms with Gasteiger partial charge >= 0.3 is 5.97 Å². The van der Waals surface area contributed by atoms with Crippen LogP contribution in [0.5, 0.6) is 0 Å². The van der Waals surface area contributed by atoms with Gasteiger partial charge in [0.1, 0.15) is 0 Å². The lowest BCUT2D eigenvalue weighted by molar-refractivity contribution is -0.141. The van der Waals surface area contributed by atoms with Crippen molar-refractivity contribution in [1.82, 2.24) is 10.2 Å². The molecule has 0 aromatic carbocycles. The zero-order valence-electron chi connectivity index (χ0n) is 9.78. The molecule has 0 rings (SSSR count). The van der Waals surface area contributed by atoms with E-state index in [0.29, 0.717) is 13.1 Å². The van der Waals surface area contributed by atoms with E-state index in [4.69, 9.17) is 5.11 Å². The van der Waals surface area contributed by atoms with Crippen LogP contribution in [0.1, 0.15) is 20.8 Å². The fourth-order valence-electron chi connectivity index (χ4n) is 1.01. The first kappa shape index (κ1) is 13.9. The van der Waals surface area contributed by atoms with Gasteiger partial charge in [0.2, 0.25) is 5.91 Å². The minimum atomic E-state index is -0.856. The number of carbonyl (C=O) groups excluding carboxylic acids is 1. The lowest BCUT2D eigenvalue weighted by Gasteiger charge is -2.21. The van der Waals surface area contributed by atoms with E-state index >= 15 is 0 Å². The molecule has 0 aliphatic carbocycles. The maximum atomic E-state index is 11.6. The fourth-order valence-corrected chi connectivity index (χ4v) is 1.01. The average Bonchev–Trinajstić information content (AvgIpc) is 2.22. The van der Waals surface area contributed by atoms with E-state index in [2.05, 4.69) is 5.32 Å². The lowest BCUT2D eigenvalue weighted by Crippen LogP contribution is -2.45. The molecule has 2 N–H and O–H groups in total. The minimum Gasteiger partial charge on any atom is -0.481 e. The number of carboxylic acid groups (broad SMARTS) is 1. The second-order valence-corrected chi connectivity index (χ2v) is 3.72. The number of carboxylic acids is 1. The molecule has 0 bridgehead atoms. The molecular formula is C10H20N2O3. The lowest BCUT2D eigenvalue weighted by atomic mass is 10.1. The van der Waals surface area contributed by atoms with Gasteiger partial charge in [-0.1, -0.05) is 6.92 Å². The van der Waals surface area contributed by atoms with E-state index in [1.54, 1.807) is 25.8 Å². The topological polar surface area (TPSA) is 69.6 Å². The van der Waals surface area contributed by atoms with Crippen LogP contribution in [0.4, 0.5) is 0 Å². The molecule has 2 unspecified atom stereocenters. The van der Waals surface area contributed by atoms with E-state index in [1.165, 1.54) is 0 Å². The predicted molar refractivity (Wildman–Crippen MR) is 57.6 cm³/mol. The van der Waals surface area contributed by atoms with Gasteiger partial charge in [-0.3, -0.25) is 9.59 Å². The van der Waals surface area contributed by atoms with Crippen molar-refractivity contribution in [3.05, 3.63) is 0 Å². The van der Waals surface area contributed by atoms with Crippen LogP contribution < -0.4 is 5.32 Å². The molecule has 1 amide bonds. The molecule has 0 radical (unpaired) electrons. The Labute approximate surface area is 90.5 Å². The van der Waals surface area contributed by atoms with Crippen LogP contribution in [0.15, 0.2) is 0 Å². The molecule has 0 saturated carbocycles. The second kappa shape index (κ2) is 6.40. The summed E-state index contributed by atoms with van der Waals surface area (Å²) >= 11 is 0. The molecule has 2 atom stereocenters. The number of hydrogen-bond acceptors (Lipinski definition) is 3. The number of likely N-dealkylation sites (N-methyl/N-ethyl adjacent to an activating group) is 1. The van der Waals surface area contributed by atoms with Crippen molar-refractivity contribution in [1.29, 1.82) is 0 Å². The summed E-state index contributed by atoms with van der Waals surface area (Å²) in [4.78, 5) is 23.7. The number of hydrogen-bond donors (Lipinski definition) is 2. The first-order valence-corrected chi connectivity index (χ1v) is 5.11. The molecule has 15 heavy (non-hydrogen) atoms. The molecule has 88 valence electrons. The van der Waals surface area contributed by atoms with Crippen LogP contribution >= 0.6 is 0 Å². The van der Waals surface area contributed by atoms with E-state index in [1.807, 2.05) is 6.92 Å². The Morgan fingerprint density at radius 1 is 1.40 bits per heavy atom. The van der Waals surface area contributed by atoms with E-state index in [9.17, 15) is 9.59 Å². The largest absolute Gasteiger partial charge is 0.481 e. The monoisotopic (exact) mass is 216 g/mol. The van der Waals surface area contributed by atoms with Gasteiger partial charge in [0.15, 0.2) is 0 Å². The highest BCUT2D eigenvalue weighted by atomic mass is 16.4. The van der Waals surface area contributed by atoms with Gasteiger partial charge in [-0.2, -0.15) is 0 Å². The van der Waals surface area contributed by atoms with Crippen LogP contribution in [-0.4, -0.2) is 48.1 Å². The highest BCUT2D eigenvalue weighted by Crippen LogP contribution is 1.96. The van der Waals surface area contributed by atoms with Gasteiger partial charge in [-0.15, -0.1) is 0 Å². The van der Waals surface area contributed by atoms with Crippen molar-refractivity contribution in [2.24, 2.45) is 5.92 Å². The number of carbonyl (C=O) groups is 2. The van der Waals surface area contributed by atoms with Gasteiger partial charge in [0.25, 0.3) is 0 Å². The maximum Gasteiger partial charge on any atom is 0.307 e. The van der Waals surface area contributed by atoms with Crippen LogP contribution in [0.3, 0.4) is 0 Å². The Morgan fingerprint density at radius 3 is 2.33 bits per heavy atom. The molecule has 0 aromatic rings. The molecule has 0 saturated heterocycles. The average molecular weight is 216 g/mol. The van der Waals surface area contributed by atoms with E-state index in [-0.39, 0.29) is 11.9 Å². The molecule has 0 aromatic heterocycles. The Hall–Kier alpha value is -1.10. The second-order valence-electron chi connectivity index (χ2n) is 3.72. The Bertz CT molecular complexity index is 231. The van der Waals surface area contributed by atoms with Crippen LogP contribution in [0.25, 0.3) is 0 Å². The summed E-state index contributed by atoms with van der Waals surface area (Å²) in [6, 6.07) is -0.336.